The number of hydrazone groups is 1. The van der Waals surface area contributed by atoms with Gasteiger partial charge in [-0.25, -0.2) is 5.43 Å². The van der Waals surface area contributed by atoms with Crippen LogP contribution < -0.4 is 5.43 Å². The van der Waals surface area contributed by atoms with E-state index in [1.54, 1.807) is 18.2 Å². The van der Waals surface area contributed by atoms with Gasteiger partial charge >= 0.3 is 0 Å². The predicted octanol–water partition coefficient (Wildman–Crippen LogP) is 2.70. The van der Waals surface area contributed by atoms with Crippen molar-refractivity contribution in [2.45, 2.75) is 0 Å². The SMILES string of the molecule is O=C(NN=Cc1cc2ccccc2cc1O)c1ccncc1. The fraction of sp³-hybridized carbons (Fsp3) is 0. The Morgan fingerprint density at radius 2 is 1.77 bits per heavy atom. The third-order valence-corrected chi connectivity index (χ3v) is 3.21. The third-order valence-electron chi connectivity index (χ3n) is 3.21. The van der Waals surface area contributed by atoms with Crippen LogP contribution in [-0.2, 0) is 0 Å². The molecular formula is C17H13N3O2. The molecule has 0 aliphatic heterocycles. The van der Waals surface area contributed by atoms with E-state index in [2.05, 4.69) is 15.5 Å². The molecular weight excluding hydrogens is 278 g/mol. The van der Waals surface area contributed by atoms with Gasteiger partial charge in [-0.3, -0.25) is 9.78 Å². The molecule has 2 N–H and O–H groups in total. The number of phenolic OH excluding ortho intramolecular Hbond substituents is 1. The lowest BCUT2D eigenvalue weighted by Crippen LogP contribution is -2.17. The van der Waals surface area contributed by atoms with Gasteiger partial charge in [-0.1, -0.05) is 24.3 Å². The largest absolute Gasteiger partial charge is 0.507 e. The molecule has 0 fully saturated rings. The van der Waals surface area contributed by atoms with Gasteiger partial charge in [0.1, 0.15) is 5.75 Å². The smallest absolute Gasteiger partial charge is 0.271 e. The van der Waals surface area contributed by atoms with Gasteiger partial charge < -0.3 is 5.11 Å². The van der Waals surface area contributed by atoms with Crippen LogP contribution in [0, 0.1) is 0 Å². The molecule has 3 rings (SSSR count). The second kappa shape index (κ2) is 6.05. The molecule has 0 saturated carbocycles. The average molecular weight is 291 g/mol. The number of fused-ring (bicyclic) bond motifs is 1. The molecule has 0 aliphatic rings. The molecule has 0 saturated heterocycles. The van der Waals surface area contributed by atoms with Crippen LogP contribution in [-0.4, -0.2) is 22.2 Å². The number of benzene rings is 2. The van der Waals surface area contributed by atoms with Crippen molar-refractivity contribution in [1.82, 2.24) is 10.4 Å². The summed E-state index contributed by atoms with van der Waals surface area (Å²) < 4.78 is 0. The highest BCUT2D eigenvalue weighted by molar-refractivity contribution is 5.96. The van der Waals surface area contributed by atoms with Gasteiger partial charge in [0.05, 0.1) is 6.21 Å². The quantitative estimate of drug-likeness (QED) is 0.575. The number of nitrogens with one attached hydrogen (secondary N) is 1. The number of carbonyl (C=O) groups is 1. The van der Waals surface area contributed by atoms with E-state index in [9.17, 15) is 9.90 Å². The first-order valence-electron chi connectivity index (χ1n) is 6.69. The molecule has 1 aromatic heterocycles. The number of pyridine rings is 1. The van der Waals surface area contributed by atoms with Crippen molar-refractivity contribution >= 4 is 22.9 Å². The van der Waals surface area contributed by atoms with Crippen molar-refractivity contribution in [3.8, 4) is 5.75 Å². The number of carbonyl (C=O) groups excluding carboxylic acids is 1. The summed E-state index contributed by atoms with van der Waals surface area (Å²) in [5, 5.41) is 15.8. The number of rotatable bonds is 3. The van der Waals surface area contributed by atoms with Crippen LogP contribution in [0.25, 0.3) is 10.8 Å². The maximum absolute atomic E-state index is 11.8. The number of nitrogens with zero attached hydrogens (tertiary/aromatic N) is 2. The Kier molecular flexibility index (Phi) is 3.78. The van der Waals surface area contributed by atoms with E-state index in [4.69, 9.17) is 0 Å². The van der Waals surface area contributed by atoms with E-state index in [0.29, 0.717) is 11.1 Å². The molecule has 0 unspecified atom stereocenters. The van der Waals surface area contributed by atoms with E-state index in [1.807, 2.05) is 30.3 Å². The minimum absolute atomic E-state index is 0.112. The number of phenols is 1. The van der Waals surface area contributed by atoms with Gasteiger partial charge in [-0.05, 0) is 35.0 Å². The molecule has 1 amide bonds. The zero-order valence-electron chi connectivity index (χ0n) is 11.6. The van der Waals surface area contributed by atoms with Crippen LogP contribution in [0.5, 0.6) is 5.75 Å². The molecule has 2 aromatic carbocycles. The molecule has 108 valence electrons. The van der Waals surface area contributed by atoms with Crippen molar-refractivity contribution in [1.29, 1.82) is 0 Å². The first-order chi connectivity index (χ1) is 10.7. The van der Waals surface area contributed by atoms with Gasteiger partial charge in [-0.15, -0.1) is 0 Å². The van der Waals surface area contributed by atoms with Gasteiger partial charge in [0.25, 0.3) is 5.91 Å². The van der Waals surface area contributed by atoms with Gasteiger partial charge in [-0.2, -0.15) is 5.10 Å². The van der Waals surface area contributed by atoms with Gasteiger partial charge in [0, 0.05) is 23.5 Å². The topological polar surface area (TPSA) is 74.6 Å². The maximum atomic E-state index is 11.8. The van der Waals surface area contributed by atoms with Crippen LogP contribution in [0.4, 0.5) is 0 Å². The average Bonchev–Trinajstić information content (AvgIpc) is 2.56. The van der Waals surface area contributed by atoms with Crippen LogP contribution in [0.1, 0.15) is 15.9 Å². The van der Waals surface area contributed by atoms with Crippen molar-refractivity contribution in [3.63, 3.8) is 0 Å². The summed E-state index contributed by atoms with van der Waals surface area (Å²) in [5.74, 6) is -0.223. The molecule has 5 nitrogen and oxygen atoms in total. The zero-order chi connectivity index (χ0) is 15.4. The van der Waals surface area contributed by atoms with Crippen LogP contribution in [0.15, 0.2) is 66.0 Å². The second-order valence-electron chi connectivity index (χ2n) is 4.69. The predicted molar refractivity (Wildman–Crippen MR) is 84.9 cm³/mol. The Hall–Kier alpha value is -3.21. The lowest BCUT2D eigenvalue weighted by atomic mass is 10.1. The second-order valence-corrected chi connectivity index (χ2v) is 4.69. The molecule has 0 aliphatic carbocycles. The molecule has 3 aromatic rings. The summed E-state index contributed by atoms with van der Waals surface area (Å²) in [6.07, 6.45) is 4.49. The molecule has 0 bridgehead atoms. The number of hydrogen-bond donors (Lipinski definition) is 2. The summed E-state index contributed by atoms with van der Waals surface area (Å²) in [6.45, 7) is 0. The van der Waals surface area contributed by atoms with E-state index < -0.39 is 0 Å². The van der Waals surface area contributed by atoms with Crippen LogP contribution >= 0.6 is 0 Å². The number of hydrogen-bond acceptors (Lipinski definition) is 4. The number of amides is 1. The lowest BCUT2D eigenvalue weighted by Gasteiger charge is -2.03. The minimum Gasteiger partial charge on any atom is -0.507 e. The van der Waals surface area contributed by atoms with E-state index in [1.165, 1.54) is 18.6 Å². The molecule has 5 heteroatoms. The van der Waals surface area contributed by atoms with E-state index >= 15 is 0 Å². The minimum atomic E-state index is -0.334. The summed E-state index contributed by atoms with van der Waals surface area (Å²) >= 11 is 0. The Morgan fingerprint density at radius 1 is 1.09 bits per heavy atom. The number of aromatic nitrogens is 1. The molecule has 0 radical (unpaired) electrons. The highest BCUT2D eigenvalue weighted by atomic mass is 16.3. The third kappa shape index (κ3) is 2.93. The van der Waals surface area contributed by atoms with E-state index in [0.717, 1.165) is 10.8 Å². The molecule has 0 spiro atoms. The summed E-state index contributed by atoms with van der Waals surface area (Å²) in [6, 6.07) is 14.4. The van der Waals surface area contributed by atoms with Crippen molar-refractivity contribution in [2.75, 3.05) is 0 Å². The summed E-state index contributed by atoms with van der Waals surface area (Å²) in [5.41, 5.74) is 3.42. The first kappa shape index (κ1) is 13.8. The van der Waals surface area contributed by atoms with Gasteiger partial charge in [0.2, 0.25) is 0 Å². The zero-order valence-corrected chi connectivity index (χ0v) is 11.6. The Morgan fingerprint density at radius 3 is 2.50 bits per heavy atom. The first-order valence-corrected chi connectivity index (χ1v) is 6.69. The van der Waals surface area contributed by atoms with E-state index in [-0.39, 0.29) is 11.7 Å². The summed E-state index contributed by atoms with van der Waals surface area (Å²) in [4.78, 5) is 15.7. The van der Waals surface area contributed by atoms with Crippen molar-refractivity contribution in [3.05, 3.63) is 72.1 Å². The summed E-state index contributed by atoms with van der Waals surface area (Å²) in [7, 11) is 0. The molecule has 22 heavy (non-hydrogen) atoms. The van der Waals surface area contributed by atoms with Crippen molar-refractivity contribution in [2.24, 2.45) is 5.10 Å². The van der Waals surface area contributed by atoms with Crippen molar-refractivity contribution < 1.29 is 9.90 Å². The highest BCUT2D eigenvalue weighted by Crippen LogP contribution is 2.23. The highest BCUT2D eigenvalue weighted by Gasteiger charge is 2.04. The Labute approximate surface area is 126 Å². The molecule has 0 atom stereocenters. The fourth-order valence-corrected chi connectivity index (χ4v) is 2.08. The fourth-order valence-electron chi connectivity index (χ4n) is 2.08. The maximum Gasteiger partial charge on any atom is 0.271 e. The monoisotopic (exact) mass is 291 g/mol. The lowest BCUT2D eigenvalue weighted by molar-refractivity contribution is 0.0955. The Balaban J connectivity index is 1.78. The standard InChI is InChI=1S/C17H13N3O2/c21-16-10-14-4-2-1-3-13(14)9-15(16)11-19-20-17(22)12-5-7-18-8-6-12/h1-11,21H,(H,20,22). The van der Waals surface area contributed by atoms with Crippen LogP contribution in [0.2, 0.25) is 0 Å². The van der Waals surface area contributed by atoms with Gasteiger partial charge in [0.15, 0.2) is 0 Å². The molecule has 1 heterocycles. The van der Waals surface area contributed by atoms with Crippen LogP contribution in [0.3, 0.4) is 0 Å². The number of aromatic hydroxyl groups is 1. The Bertz CT molecular complexity index is 845. The normalized spacial score (nSPS) is 10.9.